The smallest absolute Gasteiger partial charge is 0.243 e. The Kier molecular flexibility index (Phi) is 7.48. The molecule has 0 aromatic heterocycles. The molecule has 3 unspecified atom stereocenters. The van der Waals surface area contributed by atoms with Crippen LogP contribution in [0.25, 0.3) is 0 Å². The van der Waals surface area contributed by atoms with E-state index in [4.69, 9.17) is 9.47 Å². The van der Waals surface area contributed by atoms with Gasteiger partial charge in [-0.1, -0.05) is 12.5 Å². The van der Waals surface area contributed by atoms with E-state index in [1.54, 1.807) is 19.0 Å². The fourth-order valence-corrected chi connectivity index (χ4v) is 4.46. The summed E-state index contributed by atoms with van der Waals surface area (Å²) in [7, 11) is 3.52. The molecular formula is C21H31IN4O3. The van der Waals surface area contributed by atoms with Gasteiger partial charge >= 0.3 is 0 Å². The summed E-state index contributed by atoms with van der Waals surface area (Å²) in [6.07, 6.45) is 6.07. The number of aliphatic imine (C=N–C) groups is 1. The van der Waals surface area contributed by atoms with Crippen LogP contribution in [0.1, 0.15) is 31.2 Å². The van der Waals surface area contributed by atoms with Gasteiger partial charge in [-0.05, 0) is 55.2 Å². The third kappa shape index (κ3) is 5.46. The Hall–Kier alpha value is -1.71. The van der Waals surface area contributed by atoms with Crippen LogP contribution in [0.5, 0.6) is 11.5 Å². The van der Waals surface area contributed by atoms with Crippen LogP contribution in [-0.4, -0.2) is 56.8 Å². The molecule has 3 atom stereocenters. The number of hydrogen-bond donors (Lipinski definition) is 2. The maximum Gasteiger partial charge on any atom is 0.243 e. The number of nitrogens with one attached hydrogen (secondary N) is 2. The van der Waals surface area contributed by atoms with Gasteiger partial charge in [-0.3, -0.25) is 4.79 Å². The summed E-state index contributed by atoms with van der Waals surface area (Å²) in [4.78, 5) is 18.1. The van der Waals surface area contributed by atoms with Crippen LogP contribution < -0.4 is 20.1 Å². The second-order valence-corrected chi connectivity index (χ2v) is 8.24. The molecule has 2 fully saturated rings. The molecule has 160 valence electrons. The minimum Gasteiger partial charge on any atom is -0.454 e. The van der Waals surface area contributed by atoms with Gasteiger partial charge in [0.15, 0.2) is 17.5 Å². The predicted molar refractivity (Wildman–Crippen MR) is 123 cm³/mol. The van der Waals surface area contributed by atoms with E-state index in [2.05, 4.69) is 21.7 Å². The zero-order valence-corrected chi connectivity index (χ0v) is 19.5. The standard InChI is InChI=1S/C21H30N4O3.HI/c1-25(2)20(26)12-23-21(24-17-10-15-3-5-16(17)9-15)22-8-7-14-4-6-18-19(11-14)28-13-27-18;/h4,6,11,15-17H,3,5,7-10,12-13H2,1-2H3,(H2,22,23,24);1H. The first-order valence-corrected chi connectivity index (χ1v) is 10.2. The second kappa shape index (κ2) is 9.86. The molecule has 2 N–H and O–H groups in total. The number of halogens is 1. The zero-order chi connectivity index (χ0) is 19.5. The fourth-order valence-electron chi connectivity index (χ4n) is 4.46. The van der Waals surface area contributed by atoms with Crippen LogP contribution in [0.3, 0.4) is 0 Å². The Labute approximate surface area is 189 Å². The second-order valence-electron chi connectivity index (χ2n) is 8.24. The number of ether oxygens (including phenoxy) is 2. The van der Waals surface area contributed by atoms with Gasteiger partial charge in [0.2, 0.25) is 12.7 Å². The van der Waals surface area contributed by atoms with Crippen molar-refractivity contribution in [1.29, 1.82) is 0 Å². The SMILES string of the molecule is CN(C)C(=O)CN=C(NCCc1ccc2c(c1)OCO2)NC1CC2CCC1C2.I. The molecular weight excluding hydrogens is 483 g/mol. The van der Waals surface area contributed by atoms with E-state index in [1.165, 1.54) is 31.2 Å². The molecule has 8 heteroatoms. The van der Waals surface area contributed by atoms with Gasteiger partial charge in [0, 0.05) is 26.7 Å². The lowest BCUT2D eigenvalue weighted by molar-refractivity contribution is -0.127. The van der Waals surface area contributed by atoms with Crippen LogP contribution in [0, 0.1) is 11.8 Å². The number of amides is 1. The van der Waals surface area contributed by atoms with Crippen molar-refractivity contribution in [2.75, 3.05) is 34.0 Å². The summed E-state index contributed by atoms with van der Waals surface area (Å²) in [6, 6.07) is 6.52. The average molecular weight is 514 g/mol. The zero-order valence-electron chi connectivity index (χ0n) is 17.1. The number of hydrogen-bond acceptors (Lipinski definition) is 4. The number of fused-ring (bicyclic) bond motifs is 3. The summed E-state index contributed by atoms with van der Waals surface area (Å²) >= 11 is 0. The van der Waals surface area contributed by atoms with Crippen molar-refractivity contribution in [3.63, 3.8) is 0 Å². The monoisotopic (exact) mass is 514 g/mol. The summed E-state index contributed by atoms with van der Waals surface area (Å²) in [5.74, 6) is 3.97. The highest BCUT2D eigenvalue weighted by Crippen LogP contribution is 2.44. The first kappa shape index (κ1) is 22.0. The first-order valence-electron chi connectivity index (χ1n) is 10.2. The van der Waals surface area contributed by atoms with Gasteiger partial charge in [0.05, 0.1) is 0 Å². The van der Waals surface area contributed by atoms with Crippen molar-refractivity contribution in [2.45, 2.75) is 38.1 Å². The molecule has 2 bridgehead atoms. The number of carbonyl (C=O) groups excluding carboxylic acids is 1. The van der Waals surface area contributed by atoms with Crippen molar-refractivity contribution < 1.29 is 14.3 Å². The van der Waals surface area contributed by atoms with Gasteiger partial charge in [0.1, 0.15) is 6.54 Å². The van der Waals surface area contributed by atoms with Gasteiger partial charge in [-0.2, -0.15) is 0 Å². The Morgan fingerprint density at radius 2 is 2.03 bits per heavy atom. The quantitative estimate of drug-likeness (QED) is 0.347. The third-order valence-corrected chi connectivity index (χ3v) is 6.07. The molecule has 2 saturated carbocycles. The van der Waals surface area contributed by atoms with Crippen LogP contribution in [-0.2, 0) is 11.2 Å². The number of carbonyl (C=O) groups is 1. The highest BCUT2D eigenvalue weighted by molar-refractivity contribution is 14.0. The molecule has 4 rings (SSSR count). The van der Waals surface area contributed by atoms with E-state index in [9.17, 15) is 4.79 Å². The first-order chi connectivity index (χ1) is 13.6. The molecule has 1 aromatic rings. The van der Waals surface area contributed by atoms with E-state index >= 15 is 0 Å². The Morgan fingerprint density at radius 1 is 1.21 bits per heavy atom. The van der Waals surface area contributed by atoms with Crippen LogP contribution in [0.2, 0.25) is 0 Å². The highest BCUT2D eigenvalue weighted by Gasteiger charge is 2.39. The minimum atomic E-state index is 0. The predicted octanol–water partition coefficient (Wildman–Crippen LogP) is 2.39. The molecule has 7 nitrogen and oxygen atoms in total. The molecule has 2 aliphatic carbocycles. The van der Waals surface area contributed by atoms with E-state index in [1.807, 2.05) is 12.1 Å². The van der Waals surface area contributed by atoms with Crippen molar-refractivity contribution in [1.82, 2.24) is 15.5 Å². The summed E-state index contributed by atoms with van der Waals surface area (Å²) in [5, 5.41) is 7.01. The van der Waals surface area contributed by atoms with Gasteiger partial charge in [-0.25, -0.2) is 4.99 Å². The molecule has 0 spiro atoms. The van der Waals surface area contributed by atoms with Crippen LogP contribution in [0.15, 0.2) is 23.2 Å². The molecule has 1 aliphatic heterocycles. The topological polar surface area (TPSA) is 75.2 Å². The van der Waals surface area contributed by atoms with Crippen LogP contribution >= 0.6 is 24.0 Å². The van der Waals surface area contributed by atoms with E-state index < -0.39 is 0 Å². The highest BCUT2D eigenvalue weighted by atomic mass is 127. The average Bonchev–Trinajstić information content (AvgIpc) is 3.41. The van der Waals surface area contributed by atoms with Crippen molar-refractivity contribution in [3.8, 4) is 11.5 Å². The lowest BCUT2D eigenvalue weighted by Crippen LogP contribution is -2.46. The minimum absolute atomic E-state index is 0. The number of likely N-dealkylation sites (N-methyl/N-ethyl adjacent to an activating group) is 1. The molecule has 3 aliphatic rings. The number of guanidine groups is 1. The van der Waals surface area contributed by atoms with Gasteiger partial charge in [-0.15, -0.1) is 24.0 Å². The van der Waals surface area contributed by atoms with E-state index in [-0.39, 0.29) is 36.4 Å². The Balaban J connectivity index is 0.00000240. The van der Waals surface area contributed by atoms with Crippen molar-refractivity contribution in [2.24, 2.45) is 16.8 Å². The van der Waals surface area contributed by atoms with Gasteiger partial charge in [0.25, 0.3) is 0 Å². The molecule has 0 radical (unpaired) electrons. The number of nitrogens with zero attached hydrogens (tertiary/aromatic N) is 2. The Bertz CT molecular complexity index is 755. The summed E-state index contributed by atoms with van der Waals surface area (Å²) in [6.45, 7) is 1.19. The van der Waals surface area contributed by atoms with E-state index in [0.29, 0.717) is 12.8 Å². The number of rotatable bonds is 6. The summed E-state index contributed by atoms with van der Waals surface area (Å²) in [5.41, 5.74) is 1.18. The maximum atomic E-state index is 12.0. The van der Waals surface area contributed by atoms with Crippen molar-refractivity contribution in [3.05, 3.63) is 23.8 Å². The molecule has 1 amide bonds. The summed E-state index contributed by atoms with van der Waals surface area (Å²) < 4.78 is 10.8. The largest absolute Gasteiger partial charge is 0.454 e. The molecule has 1 aromatic carbocycles. The fraction of sp³-hybridized carbons (Fsp3) is 0.619. The maximum absolute atomic E-state index is 12.0. The Morgan fingerprint density at radius 3 is 2.76 bits per heavy atom. The lowest BCUT2D eigenvalue weighted by Gasteiger charge is -2.25. The molecule has 0 saturated heterocycles. The van der Waals surface area contributed by atoms with Crippen molar-refractivity contribution >= 4 is 35.8 Å². The molecule has 29 heavy (non-hydrogen) atoms. The van der Waals surface area contributed by atoms with Gasteiger partial charge < -0.3 is 25.0 Å². The van der Waals surface area contributed by atoms with E-state index in [0.717, 1.165) is 42.3 Å². The lowest BCUT2D eigenvalue weighted by atomic mass is 9.95. The normalized spacial score (nSPS) is 24.2. The van der Waals surface area contributed by atoms with Crippen LogP contribution in [0.4, 0.5) is 0 Å². The number of benzene rings is 1. The molecule has 1 heterocycles. The third-order valence-electron chi connectivity index (χ3n) is 6.07.